The first-order valence-electron chi connectivity index (χ1n) is 4.38. The smallest absolute Gasteiger partial charge is 0.307 e. The number of methoxy groups -OCH3 is 1. The Morgan fingerprint density at radius 2 is 2.27 bits per heavy atom. The van der Waals surface area contributed by atoms with Crippen LogP contribution < -0.4 is 4.74 Å². The van der Waals surface area contributed by atoms with Crippen LogP contribution in [0.1, 0.15) is 16.7 Å². The first-order chi connectivity index (χ1) is 7.08. The summed E-state index contributed by atoms with van der Waals surface area (Å²) in [6, 6.07) is 5.14. The van der Waals surface area contributed by atoms with E-state index in [0.29, 0.717) is 16.9 Å². The van der Waals surface area contributed by atoms with E-state index >= 15 is 0 Å². The molecule has 0 atom stereocenters. The SMILES string of the molecule is COc1cc(C#N)cc(CC(=O)O)c1C. The highest BCUT2D eigenvalue weighted by atomic mass is 16.5. The van der Waals surface area contributed by atoms with Crippen LogP contribution in [0.5, 0.6) is 5.75 Å². The van der Waals surface area contributed by atoms with E-state index < -0.39 is 5.97 Å². The molecule has 0 radical (unpaired) electrons. The van der Waals surface area contributed by atoms with Crippen molar-refractivity contribution in [3.05, 3.63) is 28.8 Å². The Morgan fingerprint density at radius 3 is 2.73 bits per heavy atom. The zero-order chi connectivity index (χ0) is 11.4. The van der Waals surface area contributed by atoms with Crippen LogP contribution >= 0.6 is 0 Å². The molecular formula is C11H11NO3. The molecule has 1 rings (SSSR count). The summed E-state index contributed by atoms with van der Waals surface area (Å²) in [4.78, 5) is 10.6. The molecule has 4 heteroatoms. The molecule has 15 heavy (non-hydrogen) atoms. The molecule has 0 spiro atoms. The molecule has 4 nitrogen and oxygen atoms in total. The molecule has 0 saturated carbocycles. The summed E-state index contributed by atoms with van der Waals surface area (Å²) in [5.41, 5.74) is 1.78. The van der Waals surface area contributed by atoms with Gasteiger partial charge < -0.3 is 9.84 Å². The Kier molecular flexibility index (Phi) is 3.29. The van der Waals surface area contributed by atoms with Crippen LogP contribution in [0.3, 0.4) is 0 Å². The highest BCUT2D eigenvalue weighted by molar-refractivity contribution is 5.71. The fraction of sp³-hybridized carbons (Fsp3) is 0.273. The molecular weight excluding hydrogens is 194 g/mol. The maximum Gasteiger partial charge on any atom is 0.307 e. The maximum absolute atomic E-state index is 10.6. The fourth-order valence-electron chi connectivity index (χ4n) is 1.37. The van der Waals surface area contributed by atoms with E-state index in [2.05, 4.69) is 0 Å². The van der Waals surface area contributed by atoms with Crippen LogP contribution in [0.25, 0.3) is 0 Å². The second kappa shape index (κ2) is 4.47. The molecule has 0 fully saturated rings. The Balaban J connectivity index is 3.25. The third kappa shape index (κ3) is 2.47. The minimum atomic E-state index is -0.921. The van der Waals surface area contributed by atoms with Crippen molar-refractivity contribution in [3.63, 3.8) is 0 Å². The van der Waals surface area contributed by atoms with Gasteiger partial charge in [-0.2, -0.15) is 5.26 Å². The van der Waals surface area contributed by atoms with E-state index in [1.807, 2.05) is 6.07 Å². The summed E-state index contributed by atoms with van der Waals surface area (Å²) in [5.74, 6) is -0.374. The highest BCUT2D eigenvalue weighted by Gasteiger charge is 2.10. The number of nitriles is 1. The van der Waals surface area contributed by atoms with E-state index in [9.17, 15) is 4.79 Å². The zero-order valence-corrected chi connectivity index (χ0v) is 8.57. The summed E-state index contributed by atoms with van der Waals surface area (Å²) < 4.78 is 5.07. The van der Waals surface area contributed by atoms with Gasteiger partial charge in [0.2, 0.25) is 0 Å². The minimum Gasteiger partial charge on any atom is -0.496 e. The summed E-state index contributed by atoms with van der Waals surface area (Å²) in [6.07, 6.45) is -0.0995. The van der Waals surface area contributed by atoms with Gasteiger partial charge in [0.1, 0.15) is 5.75 Å². The number of benzene rings is 1. The Bertz CT molecular complexity index is 432. The van der Waals surface area contributed by atoms with Gasteiger partial charge in [-0.15, -0.1) is 0 Å². The summed E-state index contributed by atoms with van der Waals surface area (Å²) in [7, 11) is 1.49. The lowest BCUT2D eigenvalue weighted by Crippen LogP contribution is -2.03. The van der Waals surface area contributed by atoms with Crippen LogP contribution in [-0.4, -0.2) is 18.2 Å². The lowest BCUT2D eigenvalue weighted by molar-refractivity contribution is -0.136. The molecule has 1 N–H and O–H groups in total. The summed E-state index contributed by atoms with van der Waals surface area (Å²) in [6.45, 7) is 1.78. The first-order valence-corrected chi connectivity index (χ1v) is 4.38. The molecule has 0 aliphatic heterocycles. The topological polar surface area (TPSA) is 70.3 Å². The van der Waals surface area contributed by atoms with Crippen LogP contribution in [0.4, 0.5) is 0 Å². The van der Waals surface area contributed by atoms with Gasteiger partial charge in [-0.05, 0) is 30.2 Å². The van der Waals surface area contributed by atoms with E-state index in [1.54, 1.807) is 19.1 Å². The average molecular weight is 205 g/mol. The third-order valence-electron chi connectivity index (χ3n) is 2.16. The predicted octanol–water partition coefficient (Wildman–Crippen LogP) is 1.50. The van der Waals surface area contributed by atoms with E-state index in [-0.39, 0.29) is 6.42 Å². The third-order valence-corrected chi connectivity index (χ3v) is 2.16. The molecule has 1 aromatic carbocycles. The highest BCUT2D eigenvalue weighted by Crippen LogP contribution is 2.23. The van der Waals surface area contributed by atoms with Crippen molar-refractivity contribution in [1.29, 1.82) is 5.26 Å². The average Bonchev–Trinajstić information content (AvgIpc) is 2.20. The summed E-state index contributed by atoms with van der Waals surface area (Å²) in [5, 5.41) is 17.4. The second-order valence-corrected chi connectivity index (χ2v) is 3.14. The molecule has 0 unspecified atom stereocenters. The molecule has 0 heterocycles. The Morgan fingerprint density at radius 1 is 1.60 bits per heavy atom. The molecule has 1 aromatic rings. The Labute approximate surface area is 87.7 Å². The van der Waals surface area contributed by atoms with Crippen molar-refractivity contribution < 1.29 is 14.6 Å². The predicted molar refractivity (Wildman–Crippen MR) is 53.8 cm³/mol. The number of aliphatic carboxylic acids is 1. The number of carbonyl (C=O) groups is 1. The molecule has 0 bridgehead atoms. The van der Waals surface area contributed by atoms with Gasteiger partial charge in [-0.25, -0.2) is 0 Å². The van der Waals surface area contributed by atoms with Crippen molar-refractivity contribution in [1.82, 2.24) is 0 Å². The molecule has 0 aliphatic rings. The monoisotopic (exact) mass is 205 g/mol. The maximum atomic E-state index is 10.6. The van der Waals surface area contributed by atoms with Gasteiger partial charge in [0.15, 0.2) is 0 Å². The number of nitrogens with zero attached hydrogens (tertiary/aromatic N) is 1. The quantitative estimate of drug-likeness (QED) is 0.811. The largest absolute Gasteiger partial charge is 0.496 e. The van der Waals surface area contributed by atoms with Gasteiger partial charge in [0, 0.05) is 0 Å². The van der Waals surface area contributed by atoms with Crippen molar-refractivity contribution in [2.75, 3.05) is 7.11 Å². The van der Waals surface area contributed by atoms with Gasteiger partial charge in [-0.3, -0.25) is 4.79 Å². The number of ether oxygens (including phenoxy) is 1. The zero-order valence-electron chi connectivity index (χ0n) is 8.57. The van der Waals surface area contributed by atoms with E-state index in [4.69, 9.17) is 15.1 Å². The van der Waals surface area contributed by atoms with Crippen molar-refractivity contribution in [3.8, 4) is 11.8 Å². The van der Waals surface area contributed by atoms with Crippen LogP contribution in [0, 0.1) is 18.3 Å². The van der Waals surface area contributed by atoms with Gasteiger partial charge in [-0.1, -0.05) is 0 Å². The molecule has 0 saturated heterocycles. The lowest BCUT2D eigenvalue weighted by Gasteiger charge is -2.09. The van der Waals surface area contributed by atoms with Gasteiger partial charge in [0.25, 0.3) is 0 Å². The first kappa shape index (κ1) is 11.1. The minimum absolute atomic E-state index is 0.0995. The van der Waals surface area contributed by atoms with E-state index in [1.165, 1.54) is 7.11 Å². The number of carboxylic acid groups (broad SMARTS) is 1. The van der Waals surface area contributed by atoms with Crippen LogP contribution in [0.2, 0.25) is 0 Å². The van der Waals surface area contributed by atoms with Crippen molar-refractivity contribution in [2.24, 2.45) is 0 Å². The number of hydrogen-bond donors (Lipinski definition) is 1. The van der Waals surface area contributed by atoms with Gasteiger partial charge >= 0.3 is 5.97 Å². The molecule has 0 amide bonds. The van der Waals surface area contributed by atoms with Crippen molar-refractivity contribution in [2.45, 2.75) is 13.3 Å². The lowest BCUT2D eigenvalue weighted by atomic mass is 10.0. The fourth-order valence-corrected chi connectivity index (χ4v) is 1.37. The standard InChI is InChI=1S/C11H11NO3/c1-7-9(5-11(13)14)3-8(6-12)4-10(7)15-2/h3-4H,5H2,1-2H3,(H,13,14). The van der Waals surface area contributed by atoms with Crippen LogP contribution in [-0.2, 0) is 11.2 Å². The Hall–Kier alpha value is -2.02. The number of hydrogen-bond acceptors (Lipinski definition) is 3. The normalized spacial score (nSPS) is 9.40. The number of carboxylic acids is 1. The molecule has 0 aliphatic carbocycles. The number of rotatable bonds is 3. The van der Waals surface area contributed by atoms with Crippen molar-refractivity contribution >= 4 is 5.97 Å². The molecule has 78 valence electrons. The molecule has 0 aromatic heterocycles. The van der Waals surface area contributed by atoms with E-state index in [0.717, 1.165) is 5.56 Å². The van der Waals surface area contributed by atoms with Gasteiger partial charge in [0.05, 0.1) is 25.2 Å². The second-order valence-electron chi connectivity index (χ2n) is 3.14. The van der Waals surface area contributed by atoms with Crippen LogP contribution in [0.15, 0.2) is 12.1 Å². The summed E-state index contributed by atoms with van der Waals surface area (Å²) >= 11 is 0.